The number of fused-ring (bicyclic) bond motifs is 1. The Morgan fingerprint density at radius 3 is 3.00 bits per heavy atom. The molecule has 0 fully saturated rings. The fraction of sp³-hybridized carbons (Fsp3) is 0.333. The molecule has 0 aliphatic rings. The molecule has 5 heteroatoms. The lowest BCUT2D eigenvalue weighted by Gasteiger charge is -2.09. The van der Waals surface area contributed by atoms with Gasteiger partial charge in [0.05, 0.1) is 30.1 Å². The highest BCUT2D eigenvalue weighted by molar-refractivity contribution is 9.10. The van der Waals surface area contributed by atoms with Crippen LogP contribution < -0.4 is 4.74 Å². The molecule has 0 radical (unpaired) electrons. The van der Waals surface area contributed by atoms with E-state index >= 15 is 0 Å². The van der Waals surface area contributed by atoms with Crippen LogP contribution in [0.4, 0.5) is 0 Å². The maximum Gasteiger partial charge on any atom is 0.138 e. The van der Waals surface area contributed by atoms with Gasteiger partial charge in [0.1, 0.15) is 11.8 Å². The van der Waals surface area contributed by atoms with Crippen LogP contribution in [0.1, 0.15) is 19.4 Å². The highest BCUT2D eigenvalue weighted by Gasteiger charge is 2.09. The SMILES string of the molecule is CC(C)COc1cc(Br)c2c(C#N)cnn2c1. The number of nitrogens with zero attached hydrogens (tertiary/aromatic N) is 3. The summed E-state index contributed by atoms with van der Waals surface area (Å²) in [5, 5.41) is 13.1. The van der Waals surface area contributed by atoms with E-state index in [4.69, 9.17) is 10.00 Å². The van der Waals surface area contributed by atoms with Crippen LogP contribution in [0.2, 0.25) is 0 Å². The number of ether oxygens (including phenoxy) is 1. The Morgan fingerprint density at radius 2 is 2.35 bits per heavy atom. The van der Waals surface area contributed by atoms with Crippen LogP contribution in [0, 0.1) is 17.2 Å². The topological polar surface area (TPSA) is 50.3 Å². The van der Waals surface area contributed by atoms with Crippen molar-refractivity contribution in [2.75, 3.05) is 6.61 Å². The van der Waals surface area contributed by atoms with Gasteiger partial charge in [0.15, 0.2) is 0 Å². The Labute approximate surface area is 108 Å². The fourth-order valence-corrected chi connectivity index (χ4v) is 2.09. The van der Waals surface area contributed by atoms with Crippen molar-refractivity contribution in [2.45, 2.75) is 13.8 Å². The van der Waals surface area contributed by atoms with Crippen molar-refractivity contribution in [2.24, 2.45) is 5.92 Å². The molecule has 0 atom stereocenters. The summed E-state index contributed by atoms with van der Waals surface area (Å²) >= 11 is 3.43. The van der Waals surface area contributed by atoms with E-state index in [1.54, 1.807) is 16.9 Å². The molecule has 88 valence electrons. The lowest BCUT2D eigenvalue weighted by atomic mass is 10.2. The van der Waals surface area contributed by atoms with Crippen molar-refractivity contribution >= 4 is 21.4 Å². The molecule has 4 nitrogen and oxygen atoms in total. The number of hydrogen-bond donors (Lipinski definition) is 0. The predicted octanol–water partition coefficient (Wildman–Crippen LogP) is 3.00. The van der Waals surface area contributed by atoms with Crippen molar-refractivity contribution in [3.8, 4) is 11.8 Å². The fourth-order valence-electron chi connectivity index (χ4n) is 1.47. The average Bonchev–Trinajstić information content (AvgIpc) is 2.69. The highest BCUT2D eigenvalue weighted by Crippen LogP contribution is 2.26. The minimum Gasteiger partial charge on any atom is -0.492 e. The highest BCUT2D eigenvalue weighted by atomic mass is 79.9. The number of nitriles is 1. The Balaban J connectivity index is 2.40. The van der Waals surface area contributed by atoms with Gasteiger partial charge in [-0.25, -0.2) is 4.52 Å². The standard InChI is InChI=1S/C12H12BrN3O/c1-8(2)7-17-10-3-11(13)12-9(4-14)5-15-16(12)6-10/h3,5-6,8H,7H2,1-2H3. The van der Waals surface area contributed by atoms with Crippen LogP contribution in [-0.2, 0) is 0 Å². The van der Waals surface area contributed by atoms with E-state index in [0.717, 1.165) is 15.7 Å². The number of halogens is 1. The summed E-state index contributed by atoms with van der Waals surface area (Å²) in [6.45, 7) is 4.84. The summed E-state index contributed by atoms with van der Waals surface area (Å²) in [6, 6.07) is 3.97. The third-order valence-corrected chi connectivity index (χ3v) is 2.85. The van der Waals surface area contributed by atoms with Gasteiger partial charge in [-0.15, -0.1) is 0 Å². The first kappa shape index (κ1) is 11.9. The van der Waals surface area contributed by atoms with Gasteiger partial charge in [0.2, 0.25) is 0 Å². The summed E-state index contributed by atoms with van der Waals surface area (Å²) in [4.78, 5) is 0. The summed E-state index contributed by atoms with van der Waals surface area (Å²) in [7, 11) is 0. The minimum absolute atomic E-state index is 0.469. The van der Waals surface area contributed by atoms with Gasteiger partial charge in [-0.2, -0.15) is 10.4 Å². The molecular formula is C12H12BrN3O. The molecule has 0 spiro atoms. The zero-order chi connectivity index (χ0) is 12.4. The first-order chi connectivity index (χ1) is 8.11. The molecule has 2 rings (SSSR count). The molecule has 2 aromatic heterocycles. The van der Waals surface area contributed by atoms with Gasteiger partial charge in [-0.05, 0) is 27.9 Å². The summed E-state index contributed by atoms with van der Waals surface area (Å²) in [5.41, 5.74) is 1.32. The molecule has 0 aromatic carbocycles. The number of aromatic nitrogens is 2. The van der Waals surface area contributed by atoms with Crippen molar-refractivity contribution < 1.29 is 4.74 Å². The molecule has 0 amide bonds. The second-order valence-electron chi connectivity index (χ2n) is 4.19. The summed E-state index contributed by atoms with van der Waals surface area (Å²) < 4.78 is 8.09. The van der Waals surface area contributed by atoms with Gasteiger partial charge in [0, 0.05) is 4.47 Å². The maximum absolute atomic E-state index is 8.94. The van der Waals surface area contributed by atoms with E-state index in [1.165, 1.54) is 0 Å². The molecule has 0 unspecified atom stereocenters. The van der Waals surface area contributed by atoms with E-state index in [9.17, 15) is 0 Å². The first-order valence-electron chi connectivity index (χ1n) is 5.31. The Hall–Kier alpha value is -1.54. The minimum atomic E-state index is 0.469. The Morgan fingerprint density at radius 1 is 1.59 bits per heavy atom. The summed E-state index contributed by atoms with van der Waals surface area (Å²) in [6.07, 6.45) is 3.33. The molecule has 0 N–H and O–H groups in total. The molecule has 2 heterocycles. The van der Waals surface area contributed by atoms with E-state index in [2.05, 4.69) is 40.9 Å². The van der Waals surface area contributed by atoms with Crippen LogP contribution in [0.15, 0.2) is 22.9 Å². The van der Waals surface area contributed by atoms with E-state index in [1.807, 2.05) is 6.07 Å². The van der Waals surface area contributed by atoms with E-state index in [0.29, 0.717) is 18.1 Å². The average molecular weight is 294 g/mol. The van der Waals surface area contributed by atoms with Crippen molar-refractivity contribution in [3.05, 3.63) is 28.5 Å². The molecule has 0 saturated heterocycles. The third-order valence-electron chi connectivity index (χ3n) is 2.24. The number of rotatable bonds is 3. The van der Waals surface area contributed by atoms with Crippen LogP contribution in [0.5, 0.6) is 5.75 Å². The van der Waals surface area contributed by atoms with Crippen molar-refractivity contribution in [1.82, 2.24) is 9.61 Å². The van der Waals surface area contributed by atoms with Crippen LogP contribution >= 0.6 is 15.9 Å². The quantitative estimate of drug-likeness (QED) is 0.874. The summed E-state index contributed by atoms with van der Waals surface area (Å²) in [5.74, 6) is 1.21. The maximum atomic E-state index is 8.94. The molecule has 0 bridgehead atoms. The lowest BCUT2D eigenvalue weighted by Crippen LogP contribution is -2.05. The van der Waals surface area contributed by atoms with E-state index in [-0.39, 0.29) is 0 Å². The molecule has 0 aliphatic heterocycles. The first-order valence-corrected chi connectivity index (χ1v) is 6.11. The predicted molar refractivity (Wildman–Crippen MR) is 67.9 cm³/mol. The molecular weight excluding hydrogens is 282 g/mol. The molecule has 17 heavy (non-hydrogen) atoms. The second kappa shape index (κ2) is 4.76. The van der Waals surface area contributed by atoms with Gasteiger partial charge in [-0.1, -0.05) is 13.8 Å². The van der Waals surface area contributed by atoms with Crippen LogP contribution in [-0.4, -0.2) is 16.2 Å². The van der Waals surface area contributed by atoms with Crippen molar-refractivity contribution in [3.63, 3.8) is 0 Å². The molecule has 2 aromatic rings. The molecule has 0 aliphatic carbocycles. The largest absolute Gasteiger partial charge is 0.492 e. The zero-order valence-corrected chi connectivity index (χ0v) is 11.2. The van der Waals surface area contributed by atoms with Gasteiger partial charge in [-0.3, -0.25) is 0 Å². The van der Waals surface area contributed by atoms with Gasteiger partial charge < -0.3 is 4.74 Å². The smallest absolute Gasteiger partial charge is 0.138 e. The van der Waals surface area contributed by atoms with Gasteiger partial charge >= 0.3 is 0 Å². The Kier molecular flexibility index (Phi) is 3.34. The number of pyridine rings is 1. The van der Waals surface area contributed by atoms with Crippen LogP contribution in [0.3, 0.4) is 0 Å². The Bertz CT molecular complexity index is 583. The normalized spacial score (nSPS) is 10.8. The number of hydrogen-bond acceptors (Lipinski definition) is 3. The molecule has 0 saturated carbocycles. The monoisotopic (exact) mass is 293 g/mol. The third kappa shape index (κ3) is 2.42. The van der Waals surface area contributed by atoms with Crippen molar-refractivity contribution in [1.29, 1.82) is 5.26 Å². The van der Waals surface area contributed by atoms with Gasteiger partial charge in [0.25, 0.3) is 0 Å². The zero-order valence-electron chi connectivity index (χ0n) is 9.64. The lowest BCUT2D eigenvalue weighted by molar-refractivity contribution is 0.269. The van der Waals surface area contributed by atoms with E-state index < -0.39 is 0 Å². The second-order valence-corrected chi connectivity index (χ2v) is 5.05. The van der Waals surface area contributed by atoms with Crippen LogP contribution in [0.25, 0.3) is 5.52 Å².